The van der Waals surface area contributed by atoms with E-state index in [2.05, 4.69) is 10.4 Å². The van der Waals surface area contributed by atoms with Crippen LogP contribution in [0.1, 0.15) is 21.5 Å². The third-order valence-electron chi connectivity index (χ3n) is 3.28. The number of benzene rings is 2. The van der Waals surface area contributed by atoms with Crippen LogP contribution >= 0.6 is 0 Å². The molecule has 3 N–H and O–H groups in total. The van der Waals surface area contributed by atoms with E-state index < -0.39 is 17.8 Å². The zero-order chi connectivity index (χ0) is 18.9. The molecular weight excluding hydrogens is 338 g/mol. The van der Waals surface area contributed by atoms with Gasteiger partial charge in [0.1, 0.15) is 17.9 Å². The van der Waals surface area contributed by atoms with Gasteiger partial charge in [-0.2, -0.15) is 5.10 Å². The van der Waals surface area contributed by atoms with Crippen molar-refractivity contribution < 1.29 is 24.2 Å². The van der Waals surface area contributed by atoms with Gasteiger partial charge in [-0.25, -0.2) is 10.2 Å². The summed E-state index contributed by atoms with van der Waals surface area (Å²) in [6.45, 7) is 0.233. The second-order valence-corrected chi connectivity index (χ2v) is 5.11. The third-order valence-corrected chi connectivity index (χ3v) is 3.28. The Bertz CT molecular complexity index is 834. The zero-order valence-electron chi connectivity index (χ0n) is 13.9. The molecule has 0 saturated carbocycles. The summed E-state index contributed by atoms with van der Waals surface area (Å²) in [6, 6.07) is 13.8. The molecule has 0 atom stereocenters. The highest BCUT2D eigenvalue weighted by Gasteiger charge is 2.13. The van der Waals surface area contributed by atoms with Gasteiger partial charge in [0.15, 0.2) is 0 Å². The molecule has 0 aliphatic carbocycles. The fourth-order valence-electron chi connectivity index (χ4n) is 1.99. The van der Waals surface area contributed by atoms with Gasteiger partial charge >= 0.3 is 17.8 Å². The van der Waals surface area contributed by atoms with E-state index in [4.69, 9.17) is 4.74 Å². The van der Waals surface area contributed by atoms with Crippen LogP contribution in [-0.4, -0.2) is 36.2 Å². The monoisotopic (exact) mass is 355 g/mol. The van der Waals surface area contributed by atoms with Crippen LogP contribution in [0, 0.1) is 0 Å². The lowest BCUT2D eigenvalue weighted by molar-refractivity contribution is -0.138. The predicted octanol–water partition coefficient (Wildman–Crippen LogP) is 1.16. The molecule has 0 saturated heterocycles. The molecule has 2 aromatic carbocycles. The summed E-state index contributed by atoms with van der Waals surface area (Å²) in [4.78, 5) is 33.8. The van der Waals surface area contributed by atoms with Gasteiger partial charge in [-0.05, 0) is 29.3 Å². The number of nitrogens with zero attached hydrogens (tertiary/aromatic N) is 1. The van der Waals surface area contributed by atoms with Gasteiger partial charge in [-0.1, -0.05) is 30.3 Å². The van der Waals surface area contributed by atoms with Gasteiger partial charge in [-0.15, -0.1) is 0 Å². The molecule has 8 nitrogen and oxygen atoms in total. The number of carbonyl (C=O) groups is 3. The van der Waals surface area contributed by atoms with Crippen molar-refractivity contribution in [3.63, 3.8) is 0 Å². The lowest BCUT2D eigenvalue weighted by Gasteiger charge is -2.10. The fourth-order valence-corrected chi connectivity index (χ4v) is 1.99. The summed E-state index contributed by atoms with van der Waals surface area (Å²) >= 11 is 0. The van der Waals surface area contributed by atoms with Crippen molar-refractivity contribution in [1.82, 2.24) is 10.7 Å². The zero-order valence-corrected chi connectivity index (χ0v) is 13.9. The first-order valence-corrected chi connectivity index (χ1v) is 7.60. The molecule has 2 amide bonds. The minimum Gasteiger partial charge on any atom is -0.488 e. The molecule has 0 aliphatic heterocycles. The van der Waals surface area contributed by atoms with Crippen LogP contribution in [0.5, 0.6) is 5.75 Å². The molecule has 8 heteroatoms. The SMILES string of the molecule is CNC(=O)C(=O)N/N=C\c1ccc(OCc2ccccc2)c(C(=O)O)c1. The first kappa shape index (κ1) is 18.7. The first-order valence-electron chi connectivity index (χ1n) is 7.60. The van der Waals surface area contributed by atoms with Gasteiger partial charge in [0.05, 0.1) is 6.21 Å². The number of carboxylic acids is 1. The van der Waals surface area contributed by atoms with Crippen LogP contribution in [0.2, 0.25) is 0 Å². The van der Waals surface area contributed by atoms with Crippen LogP contribution in [0.4, 0.5) is 0 Å². The summed E-state index contributed by atoms with van der Waals surface area (Å²) < 4.78 is 5.58. The van der Waals surface area contributed by atoms with Gasteiger partial charge in [0.2, 0.25) is 0 Å². The Morgan fingerprint density at radius 2 is 1.85 bits per heavy atom. The standard InChI is InChI=1S/C18H17N3O5/c1-19-16(22)17(23)21-20-10-13-7-8-15(14(9-13)18(24)25)26-11-12-5-3-2-4-6-12/h2-10H,11H2,1H3,(H,19,22)(H,21,23)(H,24,25)/b20-10-. The van der Waals surface area contributed by atoms with Crippen LogP contribution in [-0.2, 0) is 16.2 Å². The molecule has 26 heavy (non-hydrogen) atoms. The Morgan fingerprint density at radius 3 is 2.50 bits per heavy atom. The normalized spacial score (nSPS) is 10.3. The highest BCUT2D eigenvalue weighted by Crippen LogP contribution is 2.21. The van der Waals surface area contributed by atoms with Gasteiger partial charge in [-0.3, -0.25) is 9.59 Å². The highest BCUT2D eigenvalue weighted by atomic mass is 16.5. The number of hydrogen-bond donors (Lipinski definition) is 3. The van der Waals surface area contributed by atoms with Crippen molar-refractivity contribution in [2.75, 3.05) is 7.05 Å². The Labute approximate surface area is 149 Å². The van der Waals surface area contributed by atoms with Crippen LogP contribution < -0.4 is 15.5 Å². The third kappa shape index (κ3) is 5.17. The van der Waals surface area contributed by atoms with Crippen LogP contribution in [0.3, 0.4) is 0 Å². The molecule has 0 heterocycles. The van der Waals surface area contributed by atoms with Crippen LogP contribution in [0.25, 0.3) is 0 Å². The van der Waals surface area contributed by atoms with Gasteiger partial charge < -0.3 is 15.2 Å². The van der Waals surface area contributed by atoms with E-state index in [0.717, 1.165) is 5.56 Å². The number of hydrazone groups is 1. The van der Waals surface area contributed by atoms with Crippen LogP contribution in [0.15, 0.2) is 53.6 Å². The number of ether oxygens (including phenoxy) is 1. The number of rotatable bonds is 6. The Hall–Kier alpha value is -3.68. The lowest BCUT2D eigenvalue weighted by atomic mass is 10.1. The largest absolute Gasteiger partial charge is 0.488 e. The van der Waals surface area contributed by atoms with E-state index >= 15 is 0 Å². The van der Waals surface area contributed by atoms with Crippen molar-refractivity contribution in [2.24, 2.45) is 5.10 Å². The van der Waals surface area contributed by atoms with Crippen molar-refractivity contribution >= 4 is 24.0 Å². The number of likely N-dealkylation sites (N-methyl/N-ethyl adjacent to an activating group) is 1. The number of carbonyl (C=O) groups excluding carboxylic acids is 2. The number of nitrogens with one attached hydrogen (secondary N) is 2. The van der Waals surface area contributed by atoms with E-state index in [1.807, 2.05) is 35.8 Å². The number of hydrogen-bond acceptors (Lipinski definition) is 5. The van der Waals surface area contributed by atoms with E-state index in [1.54, 1.807) is 6.07 Å². The molecule has 0 aliphatic rings. The van der Waals surface area contributed by atoms with Gasteiger partial charge in [0.25, 0.3) is 0 Å². The predicted molar refractivity (Wildman–Crippen MR) is 94.0 cm³/mol. The highest BCUT2D eigenvalue weighted by molar-refractivity contribution is 6.35. The van der Waals surface area contributed by atoms with Crippen molar-refractivity contribution in [2.45, 2.75) is 6.61 Å². The first-order chi connectivity index (χ1) is 12.5. The smallest absolute Gasteiger partial charge is 0.339 e. The molecule has 0 spiro atoms. The summed E-state index contributed by atoms with van der Waals surface area (Å²) in [6.07, 6.45) is 1.23. The average molecular weight is 355 g/mol. The summed E-state index contributed by atoms with van der Waals surface area (Å²) in [5.74, 6) is -2.70. The second kappa shape index (κ2) is 8.97. The maximum Gasteiger partial charge on any atom is 0.339 e. The molecule has 2 rings (SSSR count). The minimum absolute atomic E-state index is 0.0393. The van der Waals surface area contributed by atoms with Crippen molar-refractivity contribution in [1.29, 1.82) is 0 Å². The minimum atomic E-state index is -1.15. The summed E-state index contributed by atoms with van der Waals surface area (Å²) in [5.41, 5.74) is 3.32. The topological polar surface area (TPSA) is 117 Å². The Kier molecular flexibility index (Phi) is 6.44. The number of aromatic carboxylic acids is 1. The molecule has 0 radical (unpaired) electrons. The van der Waals surface area contributed by atoms with E-state index in [-0.39, 0.29) is 17.9 Å². The second-order valence-electron chi connectivity index (χ2n) is 5.11. The maximum atomic E-state index is 11.4. The molecule has 0 fully saturated rings. The van der Waals surface area contributed by atoms with Crippen molar-refractivity contribution in [3.8, 4) is 5.75 Å². The lowest BCUT2D eigenvalue weighted by Crippen LogP contribution is -2.35. The number of amides is 2. The Balaban J connectivity index is 2.09. The maximum absolute atomic E-state index is 11.4. The van der Waals surface area contributed by atoms with E-state index in [0.29, 0.717) is 5.56 Å². The quantitative estimate of drug-likeness (QED) is 0.408. The summed E-state index contributed by atoms with van der Waals surface area (Å²) in [5, 5.41) is 15.1. The Morgan fingerprint density at radius 1 is 1.12 bits per heavy atom. The van der Waals surface area contributed by atoms with Gasteiger partial charge in [0, 0.05) is 7.05 Å². The summed E-state index contributed by atoms with van der Waals surface area (Å²) in [7, 11) is 1.32. The number of carboxylic acid groups (broad SMARTS) is 1. The molecule has 0 bridgehead atoms. The van der Waals surface area contributed by atoms with Crippen molar-refractivity contribution in [3.05, 3.63) is 65.2 Å². The van der Waals surface area contributed by atoms with E-state index in [1.165, 1.54) is 25.4 Å². The average Bonchev–Trinajstić information content (AvgIpc) is 2.66. The van der Waals surface area contributed by atoms with E-state index in [9.17, 15) is 19.5 Å². The fraction of sp³-hybridized carbons (Fsp3) is 0.111. The molecule has 0 unspecified atom stereocenters. The molecular formula is C18H17N3O5. The molecule has 0 aromatic heterocycles. The molecule has 2 aromatic rings. The molecule has 134 valence electrons.